The normalized spacial score (nSPS) is 11.3. The molecule has 0 aromatic heterocycles. The fourth-order valence-corrected chi connectivity index (χ4v) is 3.33. The van der Waals surface area contributed by atoms with E-state index in [9.17, 15) is 9.59 Å². The second-order valence-electron chi connectivity index (χ2n) is 6.83. The van der Waals surface area contributed by atoms with Crippen LogP contribution in [0.5, 0.6) is 0 Å². The molecule has 5 nitrogen and oxygen atoms in total. The molecular weight excluding hydrogens is 433 g/mol. The first-order valence-electron chi connectivity index (χ1n) is 9.62. The van der Waals surface area contributed by atoms with Gasteiger partial charge in [0.05, 0.1) is 28.2 Å². The highest BCUT2D eigenvalue weighted by atomic mass is 35.5. The molecule has 158 valence electrons. The van der Waals surface area contributed by atoms with Crippen LogP contribution in [-0.2, 0) is 9.59 Å². The number of halogens is 2. The predicted molar refractivity (Wildman–Crippen MR) is 125 cm³/mol. The monoisotopic (exact) mass is 453 g/mol. The zero-order valence-electron chi connectivity index (χ0n) is 16.8. The van der Waals surface area contributed by atoms with Gasteiger partial charge in [-0.15, -0.1) is 0 Å². The summed E-state index contributed by atoms with van der Waals surface area (Å²) >= 11 is 11.9. The first-order chi connectivity index (χ1) is 15.0. The minimum absolute atomic E-state index is 0.201. The van der Waals surface area contributed by atoms with Crippen LogP contribution in [0.15, 0.2) is 84.0 Å². The summed E-state index contributed by atoms with van der Waals surface area (Å²) in [7, 11) is 0. The first kappa shape index (κ1) is 22.5. The minimum Gasteiger partial charge on any atom is -0.346 e. The van der Waals surface area contributed by atoms with Crippen molar-refractivity contribution in [1.29, 1.82) is 0 Å². The van der Waals surface area contributed by atoms with Gasteiger partial charge >= 0.3 is 0 Å². The molecule has 3 rings (SSSR count). The molecule has 0 radical (unpaired) electrons. The third-order valence-corrected chi connectivity index (χ3v) is 5.38. The maximum absolute atomic E-state index is 12.9. The summed E-state index contributed by atoms with van der Waals surface area (Å²) in [5, 5.41) is 7.61. The summed E-state index contributed by atoms with van der Waals surface area (Å²) in [4.78, 5) is 25.1. The van der Waals surface area contributed by atoms with Crippen molar-refractivity contribution in [3.8, 4) is 0 Å². The molecule has 3 aromatic carbocycles. The standard InChI is InChI=1S/C24H21Cl2N3O2/c1-16(19-12-13-20(25)21(26)14-19)28-29-22(30)15-27-24(31)23(17-8-4-2-5-9-17)18-10-6-3-7-11-18/h2-14,23H,15H2,1H3,(H,27,31)(H,29,30)/b28-16-. The molecule has 0 unspecified atom stereocenters. The highest BCUT2D eigenvalue weighted by Crippen LogP contribution is 2.25. The molecule has 0 saturated heterocycles. The molecule has 3 aromatic rings. The van der Waals surface area contributed by atoms with Crippen LogP contribution in [0, 0.1) is 0 Å². The SMILES string of the molecule is C/C(=N/NC(=O)CNC(=O)C(c1ccccc1)c1ccccc1)c1ccc(Cl)c(Cl)c1. The maximum Gasteiger partial charge on any atom is 0.259 e. The van der Waals surface area contributed by atoms with Gasteiger partial charge in [-0.25, -0.2) is 5.43 Å². The number of hydrogen-bond acceptors (Lipinski definition) is 3. The molecule has 0 aliphatic carbocycles. The number of nitrogens with zero attached hydrogens (tertiary/aromatic N) is 1. The highest BCUT2D eigenvalue weighted by molar-refractivity contribution is 6.42. The average Bonchev–Trinajstić information content (AvgIpc) is 2.79. The van der Waals surface area contributed by atoms with Crippen molar-refractivity contribution in [1.82, 2.24) is 10.7 Å². The zero-order valence-corrected chi connectivity index (χ0v) is 18.3. The lowest BCUT2D eigenvalue weighted by Gasteiger charge is -2.17. The number of nitrogens with one attached hydrogen (secondary N) is 2. The molecule has 0 atom stereocenters. The molecule has 0 fully saturated rings. The highest BCUT2D eigenvalue weighted by Gasteiger charge is 2.22. The Morgan fingerprint density at radius 2 is 1.45 bits per heavy atom. The van der Waals surface area contributed by atoms with Gasteiger partial charge in [-0.1, -0.05) is 89.9 Å². The summed E-state index contributed by atoms with van der Waals surface area (Å²) in [5.41, 5.74) is 5.43. The van der Waals surface area contributed by atoms with Gasteiger partial charge < -0.3 is 5.32 Å². The van der Waals surface area contributed by atoms with E-state index >= 15 is 0 Å². The predicted octanol–water partition coefficient (Wildman–Crippen LogP) is 4.78. The Hall–Kier alpha value is -3.15. The van der Waals surface area contributed by atoms with E-state index in [-0.39, 0.29) is 12.5 Å². The van der Waals surface area contributed by atoms with Crippen LogP contribution in [0.3, 0.4) is 0 Å². The average molecular weight is 454 g/mol. The van der Waals surface area contributed by atoms with E-state index in [1.54, 1.807) is 25.1 Å². The van der Waals surface area contributed by atoms with E-state index < -0.39 is 11.8 Å². The van der Waals surface area contributed by atoms with Gasteiger partial charge in [0.25, 0.3) is 5.91 Å². The topological polar surface area (TPSA) is 70.6 Å². The molecule has 0 heterocycles. The molecular formula is C24H21Cl2N3O2. The Labute approximate surface area is 191 Å². The fraction of sp³-hybridized carbons (Fsp3) is 0.125. The van der Waals surface area contributed by atoms with E-state index in [4.69, 9.17) is 23.2 Å². The number of hydrogen-bond donors (Lipinski definition) is 2. The third-order valence-electron chi connectivity index (χ3n) is 4.64. The van der Waals surface area contributed by atoms with Crippen LogP contribution in [0.1, 0.15) is 29.5 Å². The van der Waals surface area contributed by atoms with Crippen molar-refractivity contribution in [3.63, 3.8) is 0 Å². The maximum atomic E-state index is 12.9. The Balaban J connectivity index is 1.64. The van der Waals surface area contributed by atoms with Crippen LogP contribution < -0.4 is 10.7 Å². The van der Waals surface area contributed by atoms with Gasteiger partial charge in [0.1, 0.15) is 0 Å². The Kier molecular flexibility index (Phi) is 7.82. The van der Waals surface area contributed by atoms with Gasteiger partial charge in [-0.2, -0.15) is 5.10 Å². The van der Waals surface area contributed by atoms with Crippen molar-refractivity contribution in [3.05, 3.63) is 106 Å². The van der Waals surface area contributed by atoms with E-state index in [0.29, 0.717) is 15.8 Å². The molecule has 7 heteroatoms. The molecule has 2 amide bonds. The van der Waals surface area contributed by atoms with Crippen LogP contribution in [-0.4, -0.2) is 24.1 Å². The quantitative estimate of drug-likeness (QED) is 0.399. The van der Waals surface area contributed by atoms with Crippen molar-refractivity contribution in [2.24, 2.45) is 5.10 Å². The van der Waals surface area contributed by atoms with Crippen molar-refractivity contribution < 1.29 is 9.59 Å². The lowest BCUT2D eigenvalue weighted by molar-refractivity contribution is -0.126. The summed E-state index contributed by atoms with van der Waals surface area (Å²) < 4.78 is 0. The molecule has 31 heavy (non-hydrogen) atoms. The summed E-state index contributed by atoms with van der Waals surface area (Å²) in [6.07, 6.45) is 0. The zero-order chi connectivity index (χ0) is 22.2. The molecule has 0 bridgehead atoms. The summed E-state index contributed by atoms with van der Waals surface area (Å²) in [6.45, 7) is 1.53. The minimum atomic E-state index is -0.517. The number of benzene rings is 3. The number of carbonyl (C=O) groups is 2. The van der Waals surface area contributed by atoms with Gasteiger partial charge in [0.15, 0.2) is 0 Å². The van der Waals surface area contributed by atoms with Crippen LogP contribution in [0.2, 0.25) is 10.0 Å². The van der Waals surface area contributed by atoms with E-state index in [0.717, 1.165) is 16.7 Å². The molecule has 0 aliphatic heterocycles. The summed E-state index contributed by atoms with van der Waals surface area (Å²) in [5.74, 6) is -1.22. The van der Waals surface area contributed by atoms with Gasteiger partial charge in [-0.05, 0) is 35.7 Å². The number of rotatable bonds is 7. The van der Waals surface area contributed by atoms with Crippen molar-refractivity contribution >= 4 is 40.7 Å². The summed E-state index contributed by atoms with van der Waals surface area (Å²) in [6, 6.07) is 24.0. The molecule has 0 spiro atoms. The molecule has 2 N–H and O–H groups in total. The third kappa shape index (κ3) is 6.17. The largest absolute Gasteiger partial charge is 0.346 e. The molecule has 0 aliphatic rings. The van der Waals surface area contributed by atoms with Gasteiger partial charge in [0.2, 0.25) is 5.91 Å². The Morgan fingerprint density at radius 3 is 2.00 bits per heavy atom. The number of hydrazone groups is 1. The second kappa shape index (κ2) is 10.8. The Morgan fingerprint density at radius 1 is 0.871 bits per heavy atom. The Bertz CT molecular complexity index is 1050. The van der Waals surface area contributed by atoms with Crippen LogP contribution >= 0.6 is 23.2 Å². The van der Waals surface area contributed by atoms with E-state index in [2.05, 4.69) is 15.8 Å². The lowest BCUT2D eigenvalue weighted by atomic mass is 9.90. The first-order valence-corrected chi connectivity index (χ1v) is 10.4. The van der Waals surface area contributed by atoms with E-state index in [1.807, 2.05) is 60.7 Å². The number of carbonyl (C=O) groups excluding carboxylic acids is 2. The van der Waals surface area contributed by atoms with Crippen LogP contribution in [0.25, 0.3) is 0 Å². The van der Waals surface area contributed by atoms with Crippen molar-refractivity contribution in [2.45, 2.75) is 12.8 Å². The number of amides is 2. The lowest BCUT2D eigenvalue weighted by Crippen LogP contribution is -2.38. The molecule has 0 saturated carbocycles. The van der Waals surface area contributed by atoms with Gasteiger partial charge in [0, 0.05) is 0 Å². The smallest absolute Gasteiger partial charge is 0.259 e. The van der Waals surface area contributed by atoms with E-state index in [1.165, 1.54) is 0 Å². The van der Waals surface area contributed by atoms with Crippen LogP contribution in [0.4, 0.5) is 0 Å². The van der Waals surface area contributed by atoms with Gasteiger partial charge in [-0.3, -0.25) is 9.59 Å². The second-order valence-corrected chi connectivity index (χ2v) is 7.65. The van der Waals surface area contributed by atoms with Crippen molar-refractivity contribution in [2.75, 3.05) is 6.54 Å². The fourth-order valence-electron chi connectivity index (χ4n) is 3.03.